The smallest absolute Gasteiger partial charge is 0.327 e. The van der Waals surface area contributed by atoms with Crippen molar-refractivity contribution in [2.45, 2.75) is 26.0 Å². The van der Waals surface area contributed by atoms with Crippen molar-refractivity contribution in [1.82, 2.24) is 0 Å². The summed E-state index contributed by atoms with van der Waals surface area (Å²) in [5, 5.41) is 0. The van der Waals surface area contributed by atoms with Gasteiger partial charge in [-0.2, -0.15) is 0 Å². The summed E-state index contributed by atoms with van der Waals surface area (Å²) in [6.07, 6.45) is 0.0333. The third kappa shape index (κ3) is 2.97. The molecule has 0 saturated heterocycles. The molecule has 0 aliphatic rings. The Labute approximate surface area is 95.3 Å². The Bertz CT molecular complexity index is 363. The lowest BCUT2D eigenvalue weighted by molar-refractivity contribution is -0.142. The van der Waals surface area contributed by atoms with Crippen LogP contribution in [0.15, 0.2) is 24.3 Å². The predicted octanol–water partition coefficient (Wildman–Crippen LogP) is 1.65. The Kier molecular flexibility index (Phi) is 4.31. The number of hydrogen-bond donors (Lipinski definition) is 1. The first-order chi connectivity index (χ1) is 7.56. The van der Waals surface area contributed by atoms with Gasteiger partial charge in [0, 0.05) is 5.56 Å². The highest BCUT2D eigenvalue weighted by Gasteiger charge is 2.20. The van der Waals surface area contributed by atoms with E-state index in [2.05, 4.69) is 4.74 Å². The molecule has 0 aliphatic heterocycles. The largest absolute Gasteiger partial charge is 0.491 e. The highest BCUT2D eigenvalue weighted by atomic mass is 16.5. The van der Waals surface area contributed by atoms with Crippen molar-refractivity contribution in [2.75, 3.05) is 7.11 Å². The quantitative estimate of drug-likeness (QED) is 0.788. The van der Waals surface area contributed by atoms with Gasteiger partial charge in [-0.1, -0.05) is 18.2 Å². The van der Waals surface area contributed by atoms with E-state index in [-0.39, 0.29) is 6.10 Å². The van der Waals surface area contributed by atoms with Crippen molar-refractivity contribution in [3.8, 4) is 5.75 Å². The van der Waals surface area contributed by atoms with Gasteiger partial charge in [0.15, 0.2) is 0 Å². The summed E-state index contributed by atoms with van der Waals surface area (Å²) in [6.45, 7) is 3.83. The van der Waals surface area contributed by atoms with Crippen LogP contribution in [0.3, 0.4) is 0 Å². The Morgan fingerprint density at radius 2 is 1.94 bits per heavy atom. The Hall–Kier alpha value is -1.55. The zero-order valence-corrected chi connectivity index (χ0v) is 9.77. The molecule has 88 valence electrons. The van der Waals surface area contributed by atoms with Gasteiger partial charge < -0.3 is 15.2 Å². The van der Waals surface area contributed by atoms with Gasteiger partial charge in [-0.3, -0.25) is 4.79 Å². The molecular weight excluding hydrogens is 206 g/mol. The molecule has 2 N–H and O–H groups in total. The number of benzene rings is 1. The Balaban J connectivity index is 2.98. The fraction of sp³-hybridized carbons (Fsp3) is 0.417. The van der Waals surface area contributed by atoms with Gasteiger partial charge in [0.05, 0.1) is 13.2 Å². The summed E-state index contributed by atoms with van der Waals surface area (Å²) >= 11 is 0. The average Bonchev–Trinajstić information content (AvgIpc) is 2.27. The van der Waals surface area contributed by atoms with Gasteiger partial charge >= 0.3 is 5.97 Å². The maximum atomic E-state index is 11.3. The number of hydrogen-bond acceptors (Lipinski definition) is 4. The second-order valence-corrected chi connectivity index (χ2v) is 3.71. The van der Waals surface area contributed by atoms with Gasteiger partial charge in [0.1, 0.15) is 11.8 Å². The van der Waals surface area contributed by atoms with Crippen LogP contribution in [-0.4, -0.2) is 19.2 Å². The van der Waals surface area contributed by atoms with E-state index in [0.29, 0.717) is 11.3 Å². The van der Waals surface area contributed by atoms with E-state index in [1.807, 2.05) is 26.0 Å². The molecule has 0 aliphatic carbocycles. The first-order valence-corrected chi connectivity index (χ1v) is 5.15. The normalized spacial score (nSPS) is 12.3. The minimum atomic E-state index is -0.806. The van der Waals surface area contributed by atoms with Crippen LogP contribution in [0.1, 0.15) is 25.5 Å². The lowest BCUT2D eigenvalue weighted by Gasteiger charge is -2.17. The van der Waals surface area contributed by atoms with Crippen molar-refractivity contribution in [1.29, 1.82) is 0 Å². The Morgan fingerprint density at radius 3 is 2.50 bits per heavy atom. The van der Waals surface area contributed by atoms with E-state index in [9.17, 15) is 4.79 Å². The molecule has 16 heavy (non-hydrogen) atoms. The number of esters is 1. The third-order valence-corrected chi connectivity index (χ3v) is 2.07. The fourth-order valence-corrected chi connectivity index (χ4v) is 1.35. The van der Waals surface area contributed by atoms with E-state index in [1.165, 1.54) is 7.11 Å². The minimum Gasteiger partial charge on any atom is -0.491 e. The first kappa shape index (κ1) is 12.5. The number of methoxy groups -OCH3 is 1. The maximum absolute atomic E-state index is 11.3. The highest BCUT2D eigenvalue weighted by Crippen LogP contribution is 2.25. The van der Waals surface area contributed by atoms with E-state index >= 15 is 0 Å². The average molecular weight is 223 g/mol. The number of nitrogens with two attached hydrogens (primary N) is 1. The maximum Gasteiger partial charge on any atom is 0.327 e. The molecule has 1 aromatic rings. The summed E-state index contributed by atoms with van der Waals surface area (Å²) in [5.41, 5.74) is 6.41. The first-order valence-electron chi connectivity index (χ1n) is 5.15. The minimum absolute atomic E-state index is 0.0333. The summed E-state index contributed by atoms with van der Waals surface area (Å²) in [6, 6.07) is 6.40. The summed E-state index contributed by atoms with van der Waals surface area (Å²) in [7, 11) is 1.31. The molecule has 1 atom stereocenters. The van der Waals surface area contributed by atoms with Crippen LogP contribution in [0.4, 0.5) is 0 Å². The number of carbonyl (C=O) groups is 1. The number of carbonyl (C=O) groups excluding carboxylic acids is 1. The van der Waals surface area contributed by atoms with Gasteiger partial charge in [-0.25, -0.2) is 0 Å². The molecule has 4 heteroatoms. The van der Waals surface area contributed by atoms with E-state index in [1.54, 1.807) is 12.1 Å². The molecule has 1 rings (SSSR count). The lowest BCUT2D eigenvalue weighted by atomic mass is 10.1. The molecule has 0 aromatic heterocycles. The summed E-state index contributed by atoms with van der Waals surface area (Å²) < 4.78 is 10.2. The molecule has 0 unspecified atom stereocenters. The van der Waals surface area contributed by atoms with Crippen molar-refractivity contribution in [2.24, 2.45) is 5.73 Å². The van der Waals surface area contributed by atoms with Crippen LogP contribution in [0.25, 0.3) is 0 Å². The van der Waals surface area contributed by atoms with Gasteiger partial charge in [0.2, 0.25) is 0 Å². The molecule has 1 aromatic carbocycles. The fourth-order valence-electron chi connectivity index (χ4n) is 1.35. The van der Waals surface area contributed by atoms with Crippen LogP contribution in [0, 0.1) is 0 Å². The molecule has 0 amide bonds. The predicted molar refractivity (Wildman–Crippen MR) is 61.2 cm³/mol. The van der Waals surface area contributed by atoms with Crippen LogP contribution in [0.2, 0.25) is 0 Å². The van der Waals surface area contributed by atoms with E-state index in [0.717, 1.165) is 0 Å². The van der Waals surface area contributed by atoms with Crippen molar-refractivity contribution in [3.63, 3.8) is 0 Å². The number of rotatable bonds is 4. The van der Waals surface area contributed by atoms with Crippen LogP contribution in [0.5, 0.6) is 5.75 Å². The zero-order valence-electron chi connectivity index (χ0n) is 9.77. The topological polar surface area (TPSA) is 61.5 Å². The third-order valence-electron chi connectivity index (χ3n) is 2.07. The molecule has 0 spiro atoms. The molecule has 4 nitrogen and oxygen atoms in total. The highest BCUT2D eigenvalue weighted by molar-refractivity contribution is 5.78. The van der Waals surface area contributed by atoms with E-state index < -0.39 is 12.0 Å². The number of para-hydroxylation sites is 1. The van der Waals surface area contributed by atoms with Crippen molar-refractivity contribution >= 4 is 5.97 Å². The van der Waals surface area contributed by atoms with E-state index in [4.69, 9.17) is 10.5 Å². The second-order valence-electron chi connectivity index (χ2n) is 3.71. The lowest BCUT2D eigenvalue weighted by Crippen LogP contribution is -2.23. The second kappa shape index (κ2) is 5.51. The molecule has 0 radical (unpaired) electrons. The summed E-state index contributed by atoms with van der Waals surface area (Å²) in [4.78, 5) is 11.3. The van der Waals surface area contributed by atoms with Crippen LogP contribution in [-0.2, 0) is 9.53 Å². The number of ether oxygens (including phenoxy) is 2. The molecule has 0 bridgehead atoms. The molecule has 0 saturated carbocycles. The van der Waals surface area contributed by atoms with Crippen LogP contribution >= 0.6 is 0 Å². The van der Waals surface area contributed by atoms with Gasteiger partial charge in [-0.05, 0) is 19.9 Å². The monoisotopic (exact) mass is 223 g/mol. The van der Waals surface area contributed by atoms with Gasteiger partial charge in [0.25, 0.3) is 0 Å². The van der Waals surface area contributed by atoms with Crippen molar-refractivity contribution < 1.29 is 14.3 Å². The Morgan fingerprint density at radius 1 is 1.31 bits per heavy atom. The molecule has 0 heterocycles. The van der Waals surface area contributed by atoms with Gasteiger partial charge in [-0.15, -0.1) is 0 Å². The summed E-state index contributed by atoms with van der Waals surface area (Å²) in [5.74, 6) is 0.148. The standard InChI is InChI=1S/C12H17NO3/c1-8(2)16-10-7-5-4-6-9(10)11(13)12(14)15-3/h4-8,11H,13H2,1-3H3/t11-/m1/s1. The van der Waals surface area contributed by atoms with Crippen LogP contribution < -0.4 is 10.5 Å². The van der Waals surface area contributed by atoms with Crippen molar-refractivity contribution in [3.05, 3.63) is 29.8 Å². The SMILES string of the molecule is COC(=O)[C@H](N)c1ccccc1OC(C)C. The zero-order chi connectivity index (χ0) is 12.1. The molecule has 0 fully saturated rings. The molecular formula is C12H17NO3.